The molecule has 0 spiro atoms. The first kappa shape index (κ1) is 23.6. The minimum Gasteiger partial charge on any atom is -0.493 e. The highest BCUT2D eigenvalue weighted by atomic mass is 32.3. The number of nitrogens with zero attached hydrogens (tertiary/aromatic N) is 3. The van der Waals surface area contributed by atoms with Crippen LogP contribution in [0, 0.1) is 6.92 Å². The lowest BCUT2D eigenvalue weighted by molar-refractivity contribution is -0.597. The van der Waals surface area contributed by atoms with Crippen LogP contribution in [-0.2, 0) is 0 Å². The molecule has 0 radical (unpaired) electrons. The average Bonchev–Trinajstić information content (AvgIpc) is 2.72. The van der Waals surface area contributed by atoms with Gasteiger partial charge in [0.25, 0.3) is 5.69 Å². The monoisotopic (exact) mass is 477 g/mol. The fourth-order valence-electron chi connectivity index (χ4n) is 2.91. The molecule has 0 saturated carbocycles. The maximum atomic E-state index is 12.4. The van der Waals surface area contributed by atoms with E-state index in [1.165, 1.54) is 36.0 Å². The molecule has 13 nitrogen and oxygen atoms in total. The molecule has 2 heterocycles. The molecule has 14 heteroatoms. The normalized spacial score (nSPS) is 12.1. The third-order valence-electron chi connectivity index (χ3n) is 4.46. The van der Waals surface area contributed by atoms with Gasteiger partial charge in [0.2, 0.25) is 5.88 Å². The molecule has 0 saturated heterocycles. The van der Waals surface area contributed by atoms with Crippen molar-refractivity contribution in [2.75, 3.05) is 0 Å². The minimum atomic E-state index is -4.17. The fourth-order valence-corrected chi connectivity index (χ4v) is 3.43. The lowest BCUT2D eigenvalue weighted by Crippen LogP contribution is -2.38. The van der Waals surface area contributed by atoms with Crippen LogP contribution in [0.15, 0.2) is 62.6 Å². The lowest BCUT2D eigenvalue weighted by Gasteiger charge is -2.19. The van der Waals surface area contributed by atoms with Crippen molar-refractivity contribution in [3.05, 3.63) is 69.8 Å². The van der Waals surface area contributed by atoms with Crippen molar-refractivity contribution in [1.82, 2.24) is 4.98 Å². The van der Waals surface area contributed by atoms with E-state index in [9.17, 15) is 43.4 Å². The molecule has 3 rings (SSSR count). The number of aromatic nitrogens is 2. The fraction of sp³-hybridized carbons (Fsp3) is 0.0526. The number of pyridine rings is 2. The van der Waals surface area contributed by atoms with Crippen LogP contribution in [0.5, 0.6) is 5.88 Å². The number of azo groups is 1. The lowest BCUT2D eigenvalue weighted by atomic mass is 10.2. The van der Waals surface area contributed by atoms with Crippen LogP contribution < -0.4 is 10.1 Å². The summed E-state index contributed by atoms with van der Waals surface area (Å²) in [6.07, 6.45) is 2.60. The van der Waals surface area contributed by atoms with E-state index in [1.54, 1.807) is 0 Å². The highest BCUT2D eigenvalue weighted by Crippen LogP contribution is 2.45. The van der Waals surface area contributed by atoms with Gasteiger partial charge in [0.15, 0.2) is 18.1 Å². The number of rotatable bonds is 6. The number of nitrogens with one attached hydrogen (secondary N) is 1. The molecule has 33 heavy (non-hydrogen) atoms. The van der Waals surface area contributed by atoms with Gasteiger partial charge in [0, 0.05) is 6.07 Å². The van der Waals surface area contributed by atoms with Gasteiger partial charge in [0.1, 0.15) is 22.1 Å². The van der Waals surface area contributed by atoms with Gasteiger partial charge in [-0.1, -0.05) is 0 Å². The van der Waals surface area contributed by atoms with Crippen molar-refractivity contribution in [1.29, 1.82) is 0 Å². The van der Waals surface area contributed by atoms with Crippen LogP contribution in [0.3, 0.4) is 0 Å². The summed E-state index contributed by atoms with van der Waals surface area (Å²) in [7, 11) is -4.17. The van der Waals surface area contributed by atoms with Gasteiger partial charge in [-0.25, -0.2) is 9.59 Å². The van der Waals surface area contributed by atoms with E-state index >= 15 is 0 Å². The molecular formula is C19H17N4O9S+. The van der Waals surface area contributed by atoms with E-state index in [0.717, 1.165) is 18.2 Å². The summed E-state index contributed by atoms with van der Waals surface area (Å²) in [5.41, 5.74) is -1.81. The third-order valence-corrected chi connectivity index (χ3v) is 5.35. The average molecular weight is 477 g/mol. The summed E-state index contributed by atoms with van der Waals surface area (Å²) in [6.45, 7) is 1.42. The van der Waals surface area contributed by atoms with Gasteiger partial charge in [-0.15, -0.1) is 10.2 Å². The van der Waals surface area contributed by atoms with Gasteiger partial charge in [-0.05, 0) is 31.2 Å². The van der Waals surface area contributed by atoms with Gasteiger partial charge in [0.05, 0.1) is 16.0 Å². The quantitative estimate of drug-likeness (QED) is 0.205. The Labute approximate surface area is 186 Å². The van der Waals surface area contributed by atoms with Crippen molar-refractivity contribution in [3.63, 3.8) is 0 Å². The smallest absolute Gasteiger partial charge is 0.341 e. The summed E-state index contributed by atoms with van der Waals surface area (Å²) >= 11 is 0. The molecule has 1 aromatic carbocycles. The maximum Gasteiger partial charge on any atom is 0.341 e. The molecule has 0 atom stereocenters. The molecular weight excluding hydrogens is 460 g/mol. The number of hydrogen-bond acceptors (Lipinski definition) is 9. The molecule has 0 aliphatic carbocycles. The number of carbonyl (C=O) groups is 2. The Bertz CT molecular complexity index is 1360. The van der Waals surface area contributed by atoms with Crippen molar-refractivity contribution in [2.45, 2.75) is 11.8 Å². The molecule has 172 valence electrons. The van der Waals surface area contributed by atoms with Gasteiger partial charge < -0.3 is 29.0 Å². The number of H-pyrrole nitrogens is 1. The van der Waals surface area contributed by atoms with Crippen molar-refractivity contribution < 1.29 is 43.1 Å². The van der Waals surface area contributed by atoms with Gasteiger partial charge in [-0.3, -0.25) is 9.78 Å². The molecule has 0 bridgehead atoms. The molecule has 2 aromatic heterocycles. The second-order valence-corrected chi connectivity index (χ2v) is 8.14. The molecule has 0 fully saturated rings. The van der Waals surface area contributed by atoms with Crippen LogP contribution in [-0.4, -0.2) is 45.9 Å². The van der Waals surface area contributed by atoms with Crippen molar-refractivity contribution in [3.8, 4) is 11.6 Å². The zero-order valence-electron chi connectivity index (χ0n) is 16.7. The first-order valence-corrected chi connectivity index (χ1v) is 10.4. The van der Waals surface area contributed by atoms with Gasteiger partial charge in [-0.2, -0.15) is 4.57 Å². The van der Waals surface area contributed by atoms with Gasteiger partial charge >= 0.3 is 17.5 Å². The molecule has 7 N–H and O–H groups in total. The largest absolute Gasteiger partial charge is 0.493 e. The van der Waals surface area contributed by atoms with E-state index in [1.807, 2.05) is 0 Å². The molecule has 0 aliphatic heterocycles. The number of benzene rings is 1. The second-order valence-electron chi connectivity index (χ2n) is 6.63. The minimum absolute atomic E-state index is 0.0621. The molecule has 0 amide bonds. The predicted molar refractivity (Wildman–Crippen MR) is 113 cm³/mol. The summed E-state index contributed by atoms with van der Waals surface area (Å²) < 4.78 is 29.2. The van der Waals surface area contributed by atoms with Crippen LogP contribution in [0.1, 0.15) is 26.3 Å². The Kier molecular flexibility index (Phi) is 6.28. The summed E-state index contributed by atoms with van der Waals surface area (Å²) in [6, 6.07) is 5.64. The highest BCUT2D eigenvalue weighted by Gasteiger charge is 2.24. The van der Waals surface area contributed by atoms with Crippen LogP contribution in [0.2, 0.25) is 0 Å². The SMILES string of the molecule is Cc1c(N=Nc2ccc(S(O)(O)O)cc2C(=O)O)c(O)[nH]c(=O)c1-[n+]1cccc(C(=O)O)c1. The van der Waals surface area contributed by atoms with Crippen LogP contribution in [0.25, 0.3) is 5.69 Å². The number of aromatic carboxylic acids is 2. The Hall–Kier alpha value is -4.11. The topological polar surface area (TPSA) is 217 Å². The van der Waals surface area contributed by atoms with E-state index in [-0.39, 0.29) is 28.2 Å². The van der Waals surface area contributed by atoms with E-state index < -0.39 is 44.7 Å². The van der Waals surface area contributed by atoms with Crippen LogP contribution >= 0.6 is 10.9 Å². The Balaban J connectivity index is 2.13. The number of carboxylic acids is 2. The number of aromatic hydroxyl groups is 1. The number of carboxylic acid groups (broad SMARTS) is 2. The summed E-state index contributed by atoms with van der Waals surface area (Å²) in [5.74, 6) is -3.39. The maximum absolute atomic E-state index is 12.4. The Morgan fingerprint density at radius 3 is 2.36 bits per heavy atom. The number of aromatic amines is 1. The zero-order chi connectivity index (χ0) is 24.5. The first-order valence-electron chi connectivity index (χ1n) is 8.90. The third kappa shape index (κ3) is 4.88. The second kappa shape index (κ2) is 8.79. The Morgan fingerprint density at radius 2 is 1.76 bits per heavy atom. The first-order chi connectivity index (χ1) is 15.4. The zero-order valence-corrected chi connectivity index (χ0v) is 17.5. The summed E-state index contributed by atoms with van der Waals surface area (Å²) in [5, 5.41) is 36.3. The van der Waals surface area contributed by atoms with E-state index in [2.05, 4.69) is 15.2 Å². The number of hydrogen-bond donors (Lipinski definition) is 7. The van der Waals surface area contributed by atoms with E-state index in [4.69, 9.17) is 0 Å². The molecule has 3 aromatic rings. The van der Waals surface area contributed by atoms with Crippen molar-refractivity contribution >= 4 is 34.2 Å². The Morgan fingerprint density at radius 1 is 1.06 bits per heavy atom. The molecule has 0 unspecified atom stereocenters. The summed E-state index contributed by atoms with van der Waals surface area (Å²) in [4.78, 5) is 36.9. The molecule has 0 aliphatic rings. The highest BCUT2D eigenvalue weighted by molar-refractivity contribution is 8.19. The van der Waals surface area contributed by atoms with Crippen LogP contribution in [0.4, 0.5) is 11.4 Å². The standard InChI is InChI=1S/C19H16N4O9S/c1-9-14(22-21-13-5-4-11(33(30,31)32)7-12(13)19(28)29)16(24)20-17(25)15(9)23-6-2-3-10(8-23)18(26)27/h2-8H,1H3,(H6-,20,24,25,26,27,28,29,30,31,32)/p+1. The van der Waals surface area contributed by atoms with Crippen molar-refractivity contribution in [2.24, 2.45) is 10.2 Å². The predicted octanol–water partition coefficient (Wildman–Crippen LogP) is 3.06. The van der Waals surface area contributed by atoms with E-state index in [0.29, 0.717) is 0 Å².